The first-order chi connectivity index (χ1) is 19.2. The van der Waals surface area contributed by atoms with Gasteiger partial charge in [0.1, 0.15) is 12.4 Å². The summed E-state index contributed by atoms with van der Waals surface area (Å²) in [5.74, 6) is 1.68. The molecule has 2 aliphatic rings. The highest BCUT2D eigenvalue weighted by molar-refractivity contribution is 5.81. The lowest BCUT2D eigenvalue weighted by atomic mass is 9.96. The Kier molecular flexibility index (Phi) is 9.29. The summed E-state index contributed by atoms with van der Waals surface area (Å²) in [7, 11) is 1.62. The van der Waals surface area contributed by atoms with Crippen LogP contribution in [0, 0.1) is 5.82 Å². The molecule has 3 N–H and O–H groups in total. The van der Waals surface area contributed by atoms with E-state index in [0.29, 0.717) is 68.5 Å². The number of aromatic amines is 1. The van der Waals surface area contributed by atoms with Gasteiger partial charge in [-0.3, -0.25) is 5.10 Å². The topological polar surface area (TPSA) is 102 Å². The number of hydrogen-bond donors (Lipinski definition) is 3. The van der Waals surface area contributed by atoms with E-state index in [2.05, 4.69) is 26.0 Å². The third-order valence-corrected chi connectivity index (χ3v) is 6.98. The van der Waals surface area contributed by atoms with Crippen molar-refractivity contribution in [2.75, 3.05) is 45.5 Å². The molecule has 0 amide bonds. The van der Waals surface area contributed by atoms with Crippen molar-refractivity contribution in [2.45, 2.75) is 44.6 Å². The molecule has 1 fully saturated rings. The van der Waals surface area contributed by atoms with Gasteiger partial charge >= 0.3 is 0 Å². The third kappa shape index (κ3) is 7.07. The van der Waals surface area contributed by atoms with Crippen LogP contribution in [0.25, 0.3) is 11.3 Å². The lowest BCUT2D eigenvalue weighted by molar-refractivity contribution is 0.0477. The van der Waals surface area contributed by atoms with Crippen LogP contribution in [0.2, 0.25) is 0 Å². The van der Waals surface area contributed by atoms with Gasteiger partial charge in [0.25, 0.3) is 0 Å². The highest BCUT2D eigenvalue weighted by Crippen LogP contribution is 2.44. The molecule has 0 unspecified atom stereocenters. The lowest BCUT2D eigenvalue weighted by Crippen LogP contribution is -2.26. The Morgan fingerprint density at radius 3 is 2.74 bits per heavy atom. The first-order valence-electron chi connectivity index (χ1n) is 13.6. The first kappa shape index (κ1) is 27.0. The summed E-state index contributed by atoms with van der Waals surface area (Å²) in [6, 6.07) is 10.8. The minimum atomic E-state index is -0.300. The number of hydrogen-bond acceptors (Lipinski definition) is 8. The number of rotatable bonds is 14. The SMILES string of the molecule is COc1cc2c(cc1OCCOCCOC/C=N/NC1CCCCC1)Cc1c(Nc3cccc(F)c3)n[nH]c1-2. The van der Waals surface area contributed by atoms with E-state index in [9.17, 15) is 4.39 Å². The summed E-state index contributed by atoms with van der Waals surface area (Å²) >= 11 is 0. The Balaban J connectivity index is 1.04. The van der Waals surface area contributed by atoms with E-state index in [-0.39, 0.29) is 5.82 Å². The summed E-state index contributed by atoms with van der Waals surface area (Å²) in [6.07, 6.45) is 8.75. The number of fused-ring (bicyclic) bond motifs is 3. The second kappa shape index (κ2) is 13.4. The number of anilines is 2. The molecule has 10 heteroatoms. The molecule has 0 aliphatic heterocycles. The Bertz CT molecular complexity index is 1260. The van der Waals surface area contributed by atoms with Crippen LogP contribution in [0.1, 0.15) is 43.2 Å². The summed E-state index contributed by atoms with van der Waals surface area (Å²) in [6.45, 7) is 2.27. The third-order valence-electron chi connectivity index (χ3n) is 6.98. The van der Waals surface area contributed by atoms with E-state index in [4.69, 9.17) is 18.9 Å². The molecule has 0 spiro atoms. The number of hydrazone groups is 1. The molecule has 5 rings (SSSR count). The summed E-state index contributed by atoms with van der Waals surface area (Å²) in [5, 5.41) is 15.0. The number of aromatic nitrogens is 2. The van der Waals surface area contributed by atoms with E-state index in [1.807, 2.05) is 12.1 Å². The van der Waals surface area contributed by atoms with Crippen LogP contribution in [-0.2, 0) is 15.9 Å². The molecule has 9 nitrogen and oxygen atoms in total. The average molecular weight is 538 g/mol. The Hall–Kier alpha value is -3.63. The smallest absolute Gasteiger partial charge is 0.161 e. The van der Waals surface area contributed by atoms with Crippen molar-refractivity contribution in [3.63, 3.8) is 0 Å². The molecule has 208 valence electrons. The average Bonchev–Trinajstić information content (AvgIpc) is 3.51. The maximum Gasteiger partial charge on any atom is 0.161 e. The fourth-order valence-corrected chi connectivity index (χ4v) is 5.00. The fraction of sp³-hybridized carbons (Fsp3) is 0.448. The molecule has 1 saturated carbocycles. The number of H-pyrrole nitrogens is 1. The number of nitrogens with one attached hydrogen (secondary N) is 3. The maximum absolute atomic E-state index is 13.6. The van der Waals surface area contributed by atoms with Gasteiger partial charge in [-0.2, -0.15) is 10.2 Å². The quantitative estimate of drug-likeness (QED) is 0.116. The van der Waals surface area contributed by atoms with E-state index in [1.54, 1.807) is 25.5 Å². The van der Waals surface area contributed by atoms with Crippen LogP contribution in [-0.4, -0.2) is 62.6 Å². The second-order valence-electron chi connectivity index (χ2n) is 9.71. The minimum absolute atomic E-state index is 0.300. The van der Waals surface area contributed by atoms with Crippen LogP contribution in [0.15, 0.2) is 41.5 Å². The van der Waals surface area contributed by atoms with E-state index < -0.39 is 0 Å². The van der Waals surface area contributed by atoms with Crippen LogP contribution < -0.4 is 20.2 Å². The molecule has 0 radical (unpaired) electrons. The normalized spacial score (nSPS) is 14.8. The largest absolute Gasteiger partial charge is 0.493 e. The number of ether oxygens (including phenoxy) is 4. The van der Waals surface area contributed by atoms with Crippen LogP contribution in [0.4, 0.5) is 15.9 Å². The van der Waals surface area contributed by atoms with Gasteiger partial charge in [-0.05, 0) is 48.7 Å². The maximum atomic E-state index is 13.6. The molecule has 1 heterocycles. The molecule has 0 saturated heterocycles. The van der Waals surface area contributed by atoms with Gasteiger partial charge in [-0.1, -0.05) is 25.3 Å². The van der Waals surface area contributed by atoms with Crippen LogP contribution in [0.5, 0.6) is 11.5 Å². The predicted molar refractivity (Wildman–Crippen MR) is 149 cm³/mol. The number of methoxy groups -OCH3 is 1. The molecular formula is C29H36FN5O4. The molecule has 3 aromatic rings. The van der Waals surface area contributed by atoms with Gasteiger partial charge in [0.05, 0.1) is 39.2 Å². The molecule has 2 aliphatic carbocycles. The summed E-state index contributed by atoms with van der Waals surface area (Å²) < 4.78 is 36.4. The molecular weight excluding hydrogens is 501 g/mol. The molecule has 2 aromatic carbocycles. The van der Waals surface area contributed by atoms with Crippen LogP contribution >= 0.6 is 0 Å². The zero-order valence-electron chi connectivity index (χ0n) is 22.3. The van der Waals surface area contributed by atoms with E-state index >= 15 is 0 Å². The Morgan fingerprint density at radius 1 is 1.05 bits per heavy atom. The van der Waals surface area contributed by atoms with Crippen molar-refractivity contribution in [3.8, 4) is 22.8 Å². The van der Waals surface area contributed by atoms with Crippen molar-refractivity contribution >= 4 is 17.7 Å². The zero-order chi connectivity index (χ0) is 26.9. The molecule has 0 atom stereocenters. The zero-order valence-corrected chi connectivity index (χ0v) is 22.3. The van der Waals surface area contributed by atoms with E-state index in [1.165, 1.54) is 44.2 Å². The van der Waals surface area contributed by atoms with Gasteiger partial charge < -0.3 is 29.7 Å². The van der Waals surface area contributed by atoms with Crippen molar-refractivity contribution in [3.05, 3.63) is 53.3 Å². The second-order valence-corrected chi connectivity index (χ2v) is 9.71. The molecule has 39 heavy (non-hydrogen) atoms. The lowest BCUT2D eigenvalue weighted by Gasteiger charge is -2.20. The highest BCUT2D eigenvalue weighted by Gasteiger charge is 2.27. The van der Waals surface area contributed by atoms with Gasteiger partial charge in [0.2, 0.25) is 0 Å². The first-order valence-corrected chi connectivity index (χ1v) is 13.6. The van der Waals surface area contributed by atoms with Gasteiger partial charge in [0.15, 0.2) is 17.3 Å². The summed E-state index contributed by atoms with van der Waals surface area (Å²) in [5.41, 5.74) is 7.91. The molecule has 0 bridgehead atoms. The molecule has 1 aromatic heterocycles. The standard InChI is InChI=1S/C29H36FN5O4/c1-36-26-19-24-20(16-25-28(24)34-35-29(25)32-23-9-5-6-21(30)18-23)17-27(26)39-15-14-38-13-12-37-11-10-31-33-22-7-3-2-4-8-22/h5-6,9-10,17-19,22,33H,2-4,7-8,11-16H2,1H3,(H2,32,34,35)/b31-10+. The monoisotopic (exact) mass is 537 g/mol. The van der Waals surface area contributed by atoms with Gasteiger partial charge in [-0.25, -0.2) is 4.39 Å². The van der Waals surface area contributed by atoms with Crippen molar-refractivity contribution in [2.24, 2.45) is 5.10 Å². The Labute approximate surface area is 228 Å². The number of halogens is 1. The Morgan fingerprint density at radius 2 is 1.90 bits per heavy atom. The number of nitrogens with zero attached hydrogens (tertiary/aromatic N) is 2. The van der Waals surface area contributed by atoms with Crippen molar-refractivity contribution < 1.29 is 23.3 Å². The van der Waals surface area contributed by atoms with Gasteiger partial charge in [0, 0.05) is 35.5 Å². The fourth-order valence-electron chi connectivity index (χ4n) is 5.00. The summed E-state index contributed by atoms with van der Waals surface area (Å²) in [4.78, 5) is 0. The number of benzene rings is 2. The van der Waals surface area contributed by atoms with Gasteiger partial charge in [-0.15, -0.1) is 0 Å². The van der Waals surface area contributed by atoms with E-state index in [0.717, 1.165) is 22.4 Å². The van der Waals surface area contributed by atoms with Crippen molar-refractivity contribution in [1.29, 1.82) is 0 Å². The highest BCUT2D eigenvalue weighted by atomic mass is 19.1. The van der Waals surface area contributed by atoms with Crippen molar-refractivity contribution in [1.82, 2.24) is 15.6 Å². The minimum Gasteiger partial charge on any atom is -0.493 e. The predicted octanol–water partition coefficient (Wildman–Crippen LogP) is 5.19. The van der Waals surface area contributed by atoms with Crippen LogP contribution in [0.3, 0.4) is 0 Å².